The van der Waals surface area contributed by atoms with Crippen molar-refractivity contribution in [3.8, 4) is 0 Å². The number of hydrogen-bond donors (Lipinski definition) is 0. The van der Waals surface area contributed by atoms with Gasteiger partial charge in [0.15, 0.2) is 0 Å². The van der Waals surface area contributed by atoms with Crippen LogP contribution in [0.3, 0.4) is 0 Å². The summed E-state index contributed by atoms with van der Waals surface area (Å²) in [6, 6.07) is 0. The van der Waals surface area contributed by atoms with Crippen LogP contribution in [0.5, 0.6) is 0 Å². The second kappa shape index (κ2) is 149. The summed E-state index contributed by atoms with van der Waals surface area (Å²) in [7, 11) is 0. The van der Waals surface area contributed by atoms with Gasteiger partial charge < -0.3 is 14.9 Å². The molecule has 0 aromatic carbocycles. The van der Waals surface area contributed by atoms with Gasteiger partial charge in [-0.05, 0) is 0 Å². The van der Waals surface area contributed by atoms with E-state index in [0.29, 0.717) is 0 Å². The molecule has 0 unspecified atom stereocenters. The maximum atomic E-state index is 0. The number of halogens is 2. The maximum absolute atomic E-state index is 0. The fourth-order valence-electron chi connectivity index (χ4n) is 0. The fourth-order valence-corrected chi connectivity index (χ4v) is 0. The van der Waals surface area contributed by atoms with Crippen molar-refractivity contribution in [1.82, 2.24) is 0 Å². The molecule has 28 valence electrons. The summed E-state index contributed by atoms with van der Waals surface area (Å²) in [6.45, 7) is 0. The van der Waals surface area contributed by atoms with Gasteiger partial charge in [-0.1, -0.05) is 0 Å². The Morgan fingerprint density at radius 2 is 0.750 bits per heavy atom. The van der Waals surface area contributed by atoms with E-state index in [0.717, 1.165) is 0 Å². The molecule has 4 heavy (non-hydrogen) atoms. The first-order valence-corrected chi connectivity index (χ1v) is 0. The molecule has 1 nitrogen and oxygen atoms in total. The molecule has 0 saturated heterocycles. The van der Waals surface area contributed by atoms with E-state index in [9.17, 15) is 0 Å². The van der Waals surface area contributed by atoms with Crippen LogP contribution in [-0.4, -0.2) is 5.48 Å². The van der Waals surface area contributed by atoms with Gasteiger partial charge in [-0.3, -0.25) is 0 Å². The Kier molecular flexibility index (Phi) is 14700. The Bertz CT molecular complexity index is 6.00. The number of rotatable bonds is 0. The standard InChI is InChI=1S/Cr.2FH.H2O/h;2*1H;1H2/q+2;;;/p-2. The molecule has 0 rings (SSSR count). The zero-order chi connectivity index (χ0) is 0. The molecular formula is H2CrF2O. The Labute approximate surface area is 33.2 Å². The average molecular weight is 108 g/mol. The summed E-state index contributed by atoms with van der Waals surface area (Å²) in [6.07, 6.45) is 0. The Hall–Kier alpha value is 0.352. The van der Waals surface area contributed by atoms with E-state index in [4.69, 9.17) is 0 Å². The molecule has 4 heteroatoms. The SMILES string of the molecule is O.[Cr+2].[F-].[F-]. The van der Waals surface area contributed by atoms with Gasteiger partial charge in [-0.2, -0.15) is 0 Å². The summed E-state index contributed by atoms with van der Waals surface area (Å²) in [5.41, 5.74) is 0. The van der Waals surface area contributed by atoms with E-state index in [1.807, 2.05) is 0 Å². The van der Waals surface area contributed by atoms with Crippen LogP contribution >= 0.6 is 0 Å². The Balaban J connectivity index is 0. The minimum atomic E-state index is 0. The minimum absolute atomic E-state index is 0. The minimum Gasteiger partial charge on any atom is -1.00 e. The molecule has 0 spiro atoms. The normalized spacial score (nSPS) is 0. The molecule has 0 radical (unpaired) electrons. The van der Waals surface area contributed by atoms with Gasteiger partial charge in [0.25, 0.3) is 0 Å². The van der Waals surface area contributed by atoms with E-state index in [1.54, 1.807) is 0 Å². The first-order valence-electron chi connectivity index (χ1n) is 0. The van der Waals surface area contributed by atoms with Crippen molar-refractivity contribution >= 4 is 0 Å². The van der Waals surface area contributed by atoms with Gasteiger partial charge in [0, 0.05) is 0 Å². The van der Waals surface area contributed by atoms with E-state index in [-0.39, 0.29) is 32.2 Å². The maximum Gasteiger partial charge on any atom is 2.00 e. The van der Waals surface area contributed by atoms with Gasteiger partial charge in [0.2, 0.25) is 0 Å². The van der Waals surface area contributed by atoms with Crippen molar-refractivity contribution in [2.45, 2.75) is 0 Å². The van der Waals surface area contributed by atoms with Gasteiger partial charge >= 0.3 is 17.4 Å². The van der Waals surface area contributed by atoms with E-state index in [1.165, 1.54) is 0 Å². The molecule has 0 aliphatic carbocycles. The molecule has 0 saturated carbocycles. The van der Waals surface area contributed by atoms with Gasteiger partial charge in [-0.15, -0.1) is 0 Å². The van der Waals surface area contributed by atoms with Crippen LogP contribution in [0.4, 0.5) is 0 Å². The van der Waals surface area contributed by atoms with Crippen LogP contribution in [0.1, 0.15) is 0 Å². The first-order chi connectivity index (χ1) is 0. The molecule has 2 N–H and O–H groups in total. The summed E-state index contributed by atoms with van der Waals surface area (Å²) in [5, 5.41) is 0. The zero-order valence-electron chi connectivity index (χ0n) is 1.66. The topological polar surface area (TPSA) is 31.5 Å². The summed E-state index contributed by atoms with van der Waals surface area (Å²) in [5.74, 6) is 0. The van der Waals surface area contributed by atoms with Crippen LogP contribution in [-0.2, 0) is 17.4 Å². The third-order valence-corrected chi connectivity index (χ3v) is 0. The van der Waals surface area contributed by atoms with Crippen LogP contribution in [0.15, 0.2) is 0 Å². The first kappa shape index (κ1) is 394. The second-order valence-corrected chi connectivity index (χ2v) is 0. The third-order valence-electron chi connectivity index (χ3n) is 0. The molecule has 0 heterocycles. The van der Waals surface area contributed by atoms with Crippen LogP contribution in [0.25, 0.3) is 0 Å². The Morgan fingerprint density at radius 1 is 0.750 bits per heavy atom. The molecule has 0 bridgehead atoms. The summed E-state index contributed by atoms with van der Waals surface area (Å²) < 4.78 is 0. The smallest absolute Gasteiger partial charge is 1.00 e. The second-order valence-electron chi connectivity index (χ2n) is 0. The van der Waals surface area contributed by atoms with Crippen molar-refractivity contribution in [2.75, 3.05) is 0 Å². The predicted octanol–water partition coefficient (Wildman–Crippen LogP) is -6.82. The van der Waals surface area contributed by atoms with Gasteiger partial charge in [0.1, 0.15) is 0 Å². The van der Waals surface area contributed by atoms with E-state index in [2.05, 4.69) is 0 Å². The molecule has 0 aromatic heterocycles. The zero-order valence-corrected chi connectivity index (χ0v) is 2.94. The molecule has 0 fully saturated rings. The molecular weight excluding hydrogens is 106 g/mol. The van der Waals surface area contributed by atoms with E-state index >= 15 is 0 Å². The third kappa shape index (κ3) is 34.6. The van der Waals surface area contributed by atoms with Crippen molar-refractivity contribution in [2.24, 2.45) is 0 Å². The van der Waals surface area contributed by atoms with Crippen LogP contribution in [0, 0.1) is 0 Å². The predicted molar refractivity (Wildman–Crippen MR) is 3.61 cm³/mol. The monoisotopic (exact) mass is 108 g/mol. The summed E-state index contributed by atoms with van der Waals surface area (Å²) >= 11 is 0. The van der Waals surface area contributed by atoms with E-state index < -0.39 is 0 Å². The number of hydrogen-bond acceptors (Lipinski definition) is 0. The molecule has 0 aromatic rings. The summed E-state index contributed by atoms with van der Waals surface area (Å²) in [4.78, 5) is 0. The largest absolute Gasteiger partial charge is 2.00 e. The van der Waals surface area contributed by atoms with Gasteiger partial charge in [-0.25, -0.2) is 0 Å². The molecule has 0 amide bonds. The van der Waals surface area contributed by atoms with Crippen molar-refractivity contribution in [3.63, 3.8) is 0 Å². The van der Waals surface area contributed by atoms with Crippen molar-refractivity contribution in [1.29, 1.82) is 0 Å². The van der Waals surface area contributed by atoms with Gasteiger partial charge in [0.05, 0.1) is 0 Å². The molecule has 0 aliphatic heterocycles. The van der Waals surface area contributed by atoms with Crippen molar-refractivity contribution in [3.05, 3.63) is 0 Å². The van der Waals surface area contributed by atoms with Crippen LogP contribution in [0.2, 0.25) is 0 Å². The quantitative estimate of drug-likeness (QED) is 0.295. The van der Waals surface area contributed by atoms with Crippen LogP contribution < -0.4 is 9.41 Å². The Morgan fingerprint density at radius 3 is 0.750 bits per heavy atom. The molecule has 0 aliphatic rings. The fraction of sp³-hybridized carbons (Fsp3) is 0. The van der Waals surface area contributed by atoms with Crippen molar-refractivity contribution < 1.29 is 32.2 Å². The average Bonchev–Trinajstić information content (AvgIpc) is 0. The molecule has 0 atom stereocenters.